The Morgan fingerprint density at radius 1 is 0.848 bits per heavy atom. The number of nitrogens with one attached hydrogen (secondary N) is 1. The lowest BCUT2D eigenvalue weighted by atomic mass is 10.1. The van der Waals surface area contributed by atoms with E-state index in [9.17, 15) is 9.59 Å². The van der Waals surface area contributed by atoms with Gasteiger partial charge in [0, 0.05) is 43.3 Å². The summed E-state index contributed by atoms with van der Waals surface area (Å²) < 4.78 is 0. The minimum Gasteiger partial charge on any atom is -0.336 e. The molecule has 1 fully saturated rings. The van der Waals surface area contributed by atoms with Gasteiger partial charge >= 0.3 is 0 Å². The normalized spacial score (nSPS) is 14.2. The Kier molecular flexibility index (Phi) is 7.81. The molecule has 33 heavy (non-hydrogen) atoms. The van der Waals surface area contributed by atoms with Crippen molar-refractivity contribution in [2.75, 3.05) is 37.2 Å². The zero-order chi connectivity index (χ0) is 23.0. The number of carbonyl (C=O) groups is 2. The van der Waals surface area contributed by atoms with E-state index >= 15 is 0 Å². The number of hydrogen-bond donors (Lipinski definition) is 1. The molecule has 0 saturated carbocycles. The molecule has 170 valence electrons. The van der Waals surface area contributed by atoms with E-state index in [-0.39, 0.29) is 17.6 Å². The van der Waals surface area contributed by atoms with Crippen molar-refractivity contribution in [2.24, 2.45) is 0 Å². The topological polar surface area (TPSA) is 52.7 Å². The number of carbonyl (C=O) groups excluding carboxylic acids is 2. The second kappa shape index (κ2) is 11.2. The molecule has 1 heterocycles. The third-order valence-corrected chi connectivity index (χ3v) is 6.79. The van der Waals surface area contributed by atoms with Gasteiger partial charge in [-0.1, -0.05) is 60.2 Å². The van der Waals surface area contributed by atoms with Crippen LogP contribution in [-0.2, 0) is 11.3 Å². The highest BCUT2D eigenvalue weighted by atomic mass is 32.2. The Hall–Kier alpha value is -3.09. The van der Waals surface area contributed by atoms with Gasteiger partial charge in [-0.25, -0.2) is 0 Å². The molecule has 0 aliphatic carbocycles. The summed E-state index contributed by atoms with van der Waals surface area (Å²) in [6.45, 7) is 6.05. The van der Waals surface area contributed by atoms with Gasteiger partial charge in [-0.3, -0.25) is 14.5 Å². The smallest absolute Gasteiger partial charge is 0.255 e. The summed E-state index contributed by atoms with van der Waals surface area (Å²) >= 11 is 1.40. The maximum atomic E-state index is 13.2. The number of thioether (sulfide) groups is 1. The second-order valence-electron chi connectivity index (χ2n) is 8.25. The van der Waals surface area contributed by atoms with Crippen LogP contribution in [-0.4, -0.2) is 53.5 Å². The predicted molar refractivity (Wildman–Crippen MR) is 135 cm³/mol. The molecule has 2 amide bonds. The first kappa shape index (κ1) is 23.1. The Bertz CT molecular complexity index is 1080. The fraction of sp³-hybridized carbons (Fsp3) is 0.259. The molecule has 0 unspecified atom stereocenters. The summed E-state index contributed by atoms with van der Waals surface area (Å²) in [6, 6.07) is 25.7. The molecule has 1 aliphatic rings. The van der Waals surface area contributed by atoms with Crippen molar-refractivity contribution in [3.63, 3.8) is 0 Å². The first-order valence-electron chi connectivity index (χ1n) is 11.2. The number of hydrogen-bond acceptors (Lipinski definition) is 4. The van der Waals surface area contributed by atoms with Crippen LogP contribution in [0.1, 0.15) is 21.5 Å². The average molecular weight is 460 g/mol. The van der Waals surface area contributed by atoms with E-state index < -0.39 is 0 Å². The highest BCUT2D eigenvalue weighted by Gasteiger charge is 2.24. The van der Waals surface area contributed by atoms with Crippen molar-refractivity contribution in [1.29, 1.82) is 0 Å². The predicted octanol–water partition coefficient (Wildman–Crippen LogP) is 4.68. The van der Waals surface area contributed by atoms with Gasteiger partial charge in [0.25, 0.3) is 5.91 Å². The van der Waals surface area contributed by atoms with Gasteiger partial charge < -0.3 is 10.2 Å². The second-order valence-corrected chi connectivity index (χ2v) is 9.27. The molecule has 1 saturated heterocycles. The number of anilines is 1. The van der Waals surface area contributed by atoms with E-state index in [4.69, 9.17) is 0 Å². The standard InChI is InChI=1S/C27H29N3O2S/c1-21-11-13-23(14-12-21)28-26(31)20-33-25-10-6-5-9-24(25)27(32)30-17-15-29(16-18-30)19-22-7-3-2-4-8-22/h2-14H,15-20H2,1H3,(H,28,31). The lowest BCUT2D eigenvalue weighted by Crippen LogP contribution is -2.48. The van der Waals surface area contributed by atoms with Crippen LogP contribution in [0.4, 0.5) is 5.69 Å². The quantitative estimate of drug-likeness (QED) is 0.521. The molecule has 3 aromatic carbocycles. The van der Waals surface area contributed by atoms with Crippen LogP contribution in [0.15, 0.2) is 83.8 Å². The molecule has 1 N–H and O–H groups in total. The zero-order valence-corrected chi connectivity index (χ0v) is 19.7. The van der Waals surface area contributed by atoms with Gasteiger partial charge in [0.1, 0.15) is 0 Å². The molecule has 0 aromatic heterocycles. The van der Waals surface area contributed by atoms with Crippen molar-refractivity contribution < 1.29 is 9.59 Å². The van der Waals surface area contributed by atoms with E-state index in [1.165, 1.54) is 17.3 Å². The lowest BCUT2D eigenvalue weighted by molar-refractivity contribution is -0.113. The van der Waals surface area contributed by atoms with Crippen molar-refractivity contribution in [3.05, 3.63) is 95.6 Å². The summed E-state index contributed by atoms with van der Waals surface area (Å²) in [5, 5.41) is 2.92. The lowest BCUT2D eigenvalue weighted by Gasteiger charge is -2.35. The van der Waals surface area contributed by atoms with Crippen LogP contribution >= 0.6 is 11.8 Å². The monoisotopic (exact) mass is 459 g/mol. The number of amides is 2. The van der Waals surface area contributed by atoms with Gasteiger partial charge in [0.2, 0.25) is 5.91 Å². The van der Waals surface area contributed by atoms with Gasteiger partial charge in [-0.15, -0.1) is 11.8 Å². The molecule has 0 spiro atoms. The number of rotatable bonds is 7. The van der Waals surface area contributed by atoms with Crippen LogP contribution in [0, 0.1) is 6.92 Å². The van der Waals surface area contributed by atoms with Crippen LogP contribution in [0.2, 0.25) is 0 Å². The van der Waals surface area contributed by atoms with Gasteiger partial charge in [-0.05, 0) is 36.8 Å². The summed E-state index contributed by atoms with van der Waals surface area (Å²) in [6.07, 6.45) is 0. The first-order chi connectivity index (χ1) is 16.1. The largest absolute Gasteiger partial charge is 0.336 e. The maximum Gasteiger partial charge on any atom is 0.255 e. The number of piperazine rings is 1. The molecule has 0 radical (unpaired) electrons. The molecular weight excluding hydrogens is 430 g/mol. The third kappa shape index (κ3) is 6.46. The summed E-state index contributed by atoms with van der Waals surface area (Å²) in [5.74, 6) is 0.209. The van der Waals surface area contributed by atoms with Crippen LogP contribution in [0.5, 0.6) is 0 Å². The Balaban J connectivity index is 1.31. The molecule has 1 aliphatic heterocycles. The van der Waals surface area contributed by atoms with E-state index in [0.29, 0.717) is 18.7 Å². The summed E-state index contributed by atoms with van der Waals surface area (Å²) in [7, 11) is 0. The van der Waals surface area contributed by atoms with Crippen molar-refractivity contribution in [1.82, 2.24) is 9.80 Å². The molecular formula is C27H29N3O2S. The third-order valence-electron chi connectivity index (χ3n) is 5.72. The number of aryl methyl sites for hydroxylation is 1. The minimum atomic E-state index is -0.0827. The van der Waals surface area contributed by atoms with E-state index in [2.05, 4.69) is 34.5 Å². The van der Waals surface area contributed by atoms with E-state index in [0.717, 1.165) is 35.8 Å². The van der Waals surface area contributed by atoms with Crippen LogP contribution in [0.3, 0.4) is 0 Å². The fourth-order valence-electron chi connectivity index (χ4n) is 3.87. The van der Waals surface area contributed by atoms with Gasteiger partial charge in [-0.2, -0.15) is 0 Å². The Labute approximate surface area is 199 Å². The Morgan fingerprint density at radius 2 is 1.52 bits per heavy atom. The average Bonchev–Trinajstić information content (AvgIpc) is 2.85. The van der Waals surface area contributed by atoms with Crippen LogP contribution in [0.25, 0.3) is 0 Å². The SMILES string of the molecule is Cc1ccc(NC(=O)CSc2ccccc2C(=O)N2CCN(Cc3ccccc3)CC2)cc1. The highest BCUT2D eigenvalue weighted by Crippen LogP contribution is 2.25. The molecule has 5 nitrogen and oxygen atoms in total. The molecule has 6 heteroatoms. The van der Waals surface area contributed by atoms with Crippen molar-refractivity contribution in [3.8, 4) is 0 Å². The molecule has 3 aromatic rings. The van der Waals surface area contributed by atoms with Crippen LogP contribution < -0.4 is 5.32 Å². The maximum absolute atomic E-state index is 13.2. The Morgan fingerprint density at radius 3 is 2.24 bits per heavy atom. The molecule has 0 atom stereocenters. The number of nitrogens with zero attached hydrogens (tertiary/aromatic N) is 2. The molecule has 0 bridgehead atoms. The highest BCUT2D eigenvalue weighted by molar-refractivity contribution is 8.00. The summed E-state index contributed by atoms with van der Waals surface area (Å²) in [5.41, 5.74) is 3.89. The van der Waals surface area contributed by atoms with Gasteiger partial charge in [0.15, 0.2) is 0 Å². The zero-order valence-electron chi connectivity index (χ0n) is 18.9. The molecule has 4 rings (SSSR count). The minimum absolute atomic E-state index is 0.0383. The van der Waals surface area contributed by atoms with Crippen molar-refractivity contribution in [2.45, 2.75) is 18.4 Å². The fourth-order valence-corrected chi connectivity index (χ4v) is 4.71. The van der Waals surface area contributed by atoms with E-state index in [1.54, 1.807) is 0 Å². The first-order valence-corrected chi connectivity index (χ1v) is 12.2. The number of benzene rings is 3. The summed E-state index contributed by atoms with van der Waals surface area (Å²) in [4.78, 5) is 30.8. The van der Waals surface area contributed by atoms with E-state index in [1.807, 2.05) is 66.4 Å². The van der Waals surface area contributed by atoms with Gasteiger partial charge in [0.05, 0.1) is 11.3 Å². The van der Waals surface area contributed by atoms with Crippen molar-refractivity contribution >= 4 is 29.3 Å².